The van der Waals surface area contributed by atoms with Crippen LogP contribution < -0.4 is 4.73 Å². The van der Waals surface area contributed by atoms with Crippen molar-refractivity contribution in [2.24, 2.45) is 10.9 Å². The normalized spacial score (nSPS) is 19.1. The minimum atomic E-state index is -0.894. The maximum Gasteiger partial charge on any atom is 0.336 e. The van der Waals surface area contributed by atoms with Crippen molar-refractivity contribution in [1.29, 1.82) is 5.26 Å². The summed E-state index contributed by atoms with van der Waals surface area (Å²) in [7, 11) is 0. The van der Waals surface area contributed by atoms with E-state index in [4.69, 9.17) is 14.7 Å². The van der Waals surface area contributed by atoms with E-state index in [1.165, 1.54) is 18.5 Å². The molecule has 27 heavy (non-hydrogen) atoms. The smallest absolute Gasteiger partial charge is 0.336 e. The number of rotatable bonds is 6. The van der Waals surface area contributed by atoms with E-state index in [-0.39, 0.29) is 30.9 Å². The van der Waals surface area contributed by atoms with Crippen LogP contribution in [0.15, 0.2) is 40.8 Å². The predicted octanol–water partition coefficient (Wildman–Crippen LogP) is 1.79. The summed E-state index contributed by atoms with van der Waals surface area (Å²) in [4.78, 5) is 29.7. The van der Waals surface area contributed by atoms with Gasteiger partial charge >= 0.3 is 11.9 Å². The van der Waals surface area contributed by atoms with Gasteiger partial charge in [0.1, 0.15) is 5.92 Å². The van der Waals surface area contributed by atoms with Crippen molar-refractivity contribution in [2.45, 2.75) is 33.1 Å². The summed E-state index contributed by atoms with van der Waals surface area (Å²) in [5.41, 5.74) is 1.20. The first-order chi connectivity index (χ1) is 12.9. The number of carbonyl (C=O) groups is 2. The van der Waals surface area contributed by atoms with Crippen LogP contribution in [0.4, 0.5) is 0 Å². The highest BCUT2D eigenvalue weighted by Gasteiger charge is 2.43. The Hall–Kier alpha value is -3.21. The van der Waals surface area contributed by atoms with Gasteiger partial charge in [0, 0.05) is 23.3 Å². The maximum atomic E-state index is 12.7. The lowest BCUT2D eigenvalue weighted by Crippen LogP contribution is -2.38. The van der Waals surface area contributed by atoms with Gasteiger partial charge in [0.25, 0.3) is 0 Å². The van der Waals surface area contributed by atoms with Crippen LogP contribution in [-0.4, -0.2) is 30.9 Å². The quantitative estimate of drug-likeness (QED) is 0.428. The van der Waals surface area contributed by atoms with Crippen molar-refractivity contribution in [3.05, 3.63) is 46.6 Å². The lowest BCUT2D eigenvalue weighted by Gasteiger charge is -2.31. The highest BCUT2D eigenvalue weighted by Crippen LogP contribution is 2.40. The minimum Gasteiger partial charge on any atom is -0.619 e. The van der Waals surface area contributed by atoms with Gasteiger partial charge in [-0.25, -0.2) is 4.79 Å². The van der Waals surface area contributed by atoms with Gasteiger partial charge in [-0.2, -0.15) is 9.99 Å². The Bertz CT molecular complexity index is 838. The summed E-state index contributed by atoms with van der Waals surface area (Å²) in [6.45, 7) is 5.26. The Morgan fingerprint density at radius 1 is 1.33 bits per heavy atom. The first-order valence-electron chi connectivity index (χ1n) is 8.62. The average Bonchev–Trinajstić information content (AvgIpc) is 2.61. The lowest BCUT2D eigenvalue weighted by atomic mass is 9.75. The zero-order chi connectivity index (χ0) is 20.0. The molecule has 0 aliphatic carbocycles. The lowest BCUT2D eigenvalue weighted by molar-refractivity contribution is -0.605. The Morgan fingerprint density at radius 2 is 2.04 bits per heavy atom. The van der Waals surface area contributed by atoms with Gasteiger partial charge in [-0.15, -0.1) is 0 Å². The van der Waals surface area contributed by atoms with E-state index in [2.05, 4.69) is 4.99 Å². The molecule has 0 aromatic carbocycles. The molecule has 0 amide bonds. The van der Waals surface area contributed by atoms with E-state index in [9.17, 15) is 14.8 Å². The van der Waals surface area contributed by atoms with Crippen LogP contribution >= 0.6 is 0 Å². The number of nitrogens with zero attached hydrogens (tertiary/aromatic N) is 3. The van der Waals surface area contributed by atoms with Crippen LogP contribution in [0.2, 0.25) is 0 Å². The molecular weight excluding hydrogens is 350 g/mol. The number of aromatic nitrogens is 1. The predicted molar refractivity (Wildman–Crippen MR) is 95.3 cm³/mol. The molecule has 2 unspecified atom stereocenters. The van der Waals surface area contributed by atoms with Crippen LogP contribution in [0.25, 0.3) is 0 Å². The molecule has 0 saturated heterocycles. The Kier molecular flexibility index (Phi) is 6.66. The maximum absolute atomic E-state index is 12.7. The Morgan fingerprint density at radius 3 is 2.63 bits per heavy atom. The molecule has 8 nitrogen and oxygen atoms in total. The van der Waals surface area contributed by atoms with Gasteiger partial charge < -0.3 is 14.7 Å². The fourth-order valence-corrected chi connectivity index (χ4v) is 3.15. The first kappa shape index (κ1) is 20.1. The molecule has 0 spiro atoms. The molecule has 0 fully saturated rings. The van der Waals surface area contributed by atoms with Crippen molar-refractivity contribution >= 4 is 17.7 Å². The molecular formula is C19H21N3O5. The van der Waals surface area contributed by atoms with Crippen LogP contribution in [0, 0.1) is 22.5 Å². The molecule has 1 aromatic rings. The number of allylic oxidation sites excluding steroid dienone is 1. The molecule has 0 saturated carbocycles. The average molecular weight is 371 g/mol. The summed E-state index contributed by atoms with van der Waals surface area (Å²) in [6, 6.07) is 5.15. The zero-order valence-corrected chi connectivity index (χ0v) is 15.5. The number of carbonyl (C=O) groups excluding carboxylic acids is 2. The van der Waals surface area contributed by atoms with Gasteiger partial charge in [0.15, 0.2) is 12.4 Å². The number of hydrogen-bond acceptors (Lipinski definition) is 7. The van der Waals surface area contributed by atoms with Crippen molar-refractivity contribution in [2.75, 3.05) is 13.2 Å². The van der Waals surface area contributed by atoms with E-state index >= 15 is 0 Å². The molecule has 2 heterocycles. The second-order valence-corrected chi connectivity index (χ2v) is 5.87. The molecule has 1 aliphatic heterocycles. The summed E-state index contributed by atoms with van der Waals surface area (Å²) < 4.78 is 10.9. The SMILES string of the molecule is CCOC(=O)C1=C(CC#N)N=C(C)C(C(=O)OCC)C1c1ccc[n+]([O-])c1. The molecule has 0 bridgehead atoms. The second-order valence-electron chi connectivity index (χ2n) is 5.87. The van der Waals surface area contributed by atoms with E-state index in [1.807, 2.05) is 6.07 Å². The molecule has 0 N–H and O–H groups in total. The topological polar surface area (TPSA) is 116 Å². The molecule has 142 valence electrons. The Balaban J connectivity index is 2.71. The third-order valence-corrected chi connectivity index (χ3v) is 4.16. The van der Waals surface area contributed by atoms with Crippen molar-refractivity contribution < 1.29 is 23.8 Å². The first-order valence-corrected chi connectivity index (χ1v) is 8.62. The summed E-state index contributed by atoms with van der Waals surface area (Å²) >= 11 is 0. The number of nitriles is 1. The van der Waals surface area contributed by atoms with Crippen molar-refractivity contribution in [3.8, 4) is 6.07 Å². The van der Waals surface area contributed by atoms with E-state index in [1.54, 1.807) is 26.8 Å². The van der Waals surface area contributed by atoms with Gasteiger partial charge in [0.2, 0.25) is 0 Å². The zero-order valence-electron chi connectivity index (χ0n) is 15.5. The summed E-state index contributed by atoms with van der Waals surface area (Å²) in [6.07, 6.45) is 2.47. The number of aliphatic imine (C=N–C) groups is 1. The Labute approximate surface area is 157 Å². The third-order valence-electron chi connectivity index (χ3n) is 4.16. The van der Waals surface area contributed by atoms with Crippen LogP contribution in [0.5, 0.6) is 0 Å². The largest absolute Gasteiger partial charge is 0.619 e. The minimum absolute atomic E-state index is 0.105. The third kappa shape index (κ3) is 4.31. The van der Waals surface area contributed by atoms with Crippen LogP contribution in [-0.2, 0) is 19.1 Å². The number of esters is 2. The van der Waals surface area contributed by atoms with E-state index in [0.717, 1.165) is 0 Å². The van der Waals surface area contributed by atoms with E-state index < -0.39 is 23.8 Å². The van der Waals surface area contributed by atoms with Crippen molar-refractivity contribution in [1.82, 2.24) is 0 Å². The second kappa shape index (κ2) is 8.94. The van der Waals surface area contributed by atoms with Gasteiger partial charge in [-0.3, -0.25) is 9.79 Å². The molecule has 0 radical (unpaired) electrons. The number of pyridine rings is 1. The summed E-state index contributed by atoms with van der Waals surface area (Å²) in [5, 5.41) is 21.0. The highest BCUT2D eigenvalue weighted by atomic mass is 16.5. The van der Waals surface area contributed by atoms with E-state index in [0.29, 0.717) is 16.0 Å². The van der Waals surface area contributed by atoms with Gasteiger partial charge in [-0.05, 0) is 26.8 Å². The fraction of sp³-hybridized carbons (Fsp3) is 0.421. The van der Waals surface area contributed by atoms with Crippen molar-refractivity contribution in [3.63, 3.8) is 0 Å². The number of ether oxygens (including phenoxy) is 2. The fourth-order valence-electron chi connectivity index (χ4n) is 3.15. The standard InChI is InChI=1S/C19H21N3O5/c1-4-26-18(23)15-12(3)21-14(8-9-20)17(19(24)27-5-2)16(15)13-7-6-10-22(25)11-13/h6-7,10-11,15-16H,4-5,8H2,1-3H3. The molecule has 1 aromatic heterocycles. The van der Waals surface area contributed by atoms with Crippen LogP contribution in [0.3, 0.4) is 0 Å². The molecule has 2 atom stereocenters. The molecule has 1 aliphatic rings. The van der Waals surface area contributed by atoms with Crippen LogP contribution in [0.1, 0.15) is 38.7 Å². The van der Waals surface area contributed by atoms with Gasteiger partial charge in [-0.1, -0.05) is 0 Å². The molecule has 8 heteroatoms. The molecule has 2 rings (SSSR count). The monoisotopic (exact) mass is 371 g/mol. The summed E-state index contributed by atoms with van der Waals surface area (Å²) in [5.74, 6) is -2.94. The van der Waals surface area contributed by atoms with Gasteiger partial charge in [0.05, 0.1) is 37.0 Å². The number of hydrogen-bond donors (Lipinski definition) is 0. The highest BCUT2D eigenvalue weighted by molar-refractivity contribution is 6.07.